The molecule has 0 radical (unpaired) electrons. The third-order valence-corrected chi connectivity index (χ3v) is 4.34. The molecule has 0 bridgehead atoms. The Morgan fingerprint density at radius 3 is 3.17 bits per heavy atom. The van der Waals surface area contributed by atoms with Crippen LogP contribution in [0, 0.1) is 0 Å². The van der Waals surface area contributed by atoms with Gasteiger partial charge in [0.1, 0.15) is 6.04 Å². The van der Waals surface area contributed by atoms with Crippen molar-refractivity contribution in [3.05, 3.63) is 21.9 Å². The highest BCUT2D eigenvalue weighted by Crippen LogP contribution is 2.33. The summed E-state index contributed by atoms with van der Waals surface area (Å²) in [5, 5.41) is 11.4. The standard InChI is InChI=1S/C13H19NO3S/c1-17-8-3-2-6-14-7-4-11-10(5-9-18-11)12(14)13(15)16/h5,9,12H,2-4,6-8H2,1H3,(H,15,16). The third-order valence-electron chi connectivity index (χ3n) is 3.34. The van der Waals surface area contributed by atoms with Crippen molar-refractivity contribution >= 4 is 17.3 Å². The van der Waals surface area contributed by atoms with E-state index in [4.69, 9.17) is 4.74 Å². The summed E-state index contributed by atoms with van der Waals surface area (Å²) in [4.78, 5) is 14.8. The van der Waals surface area contributed by atoms with Crippen LogP contribution in [0.5, 0.6) is 0 Å². The summed E-state index contributed by atoms with van der Waals surface area (Å²) in [5.74, 6) is -0.735. The fourth-order valence-corrected chi connectivity index (χ4v) is 3.36. The van der Waals surface area contributed by atoms with Crippen molar-refractivity contribution in [3.63, 3.8) is 0 Å². The molecule has 0 aliphatic carbocycles. The van der Waals surface area contributed by atoms with E-state index in [1.165, 1.54) is 4.88 Å². The van der Waals surface area contributed by atoms with Crippen LogP contribution in [0.15, 0.2) is 11.4 Å². The molecule has 18 heavy (non-hydrogen) atoms. The molecule has 1 atom stereocenters. The molecule has 4 nitrogen and oxygen atoms in total. The number of aliphatic carboxylic acids is 1. The monoisotopic (exact) mass is 269 g/mol. The van der Waals surface area contributed by atoms with Crippen LogP contribution in [0.3, 0.4) is 0 Å². The molecule has 0 amide bonds. The molecule has 0 saturated carbocycles. The second kappa shape index (κ2) is 6.31. The van der Waals surface area contributed by atoms with Crippen molar-refractivity contribution in [1.82, 2.24) is 4.90 Å². The minimum atomic E-state index is -0.735. The number of carboxylic acid groups (broad SMARTS) is 1. The number of nitrogens with zero attached hydrogens (tertiary/aromatic N) is 1. The topological polar surface area (TPSA) is 49.8 Å². The molecule has 2 rings (SSSR count). The van der Waals surface area contributed by atoms with E-state index < -0.39 is 12.0 Å². The Balaban J connectivity index is 2.00. The SMILES string of the molecule is COCCCCN1CCc2sccc2C1C(=O)O. The molecule has 2 heterocycles. The van der Waals surface area contributed by atoms with E-state index in [0.29, 0.717) is 0 Å². The largest absolute Gasteiger partial charge is 0.480 e. The summed E-state index contributed by atoms with van der Waals surface area (Å²) < 4.78 is 5.02. The summed E-state index contributed by atoms with van der Waals surface area (Å²) in [6, 6.07) is 1.50. The normalized spacial score (nSPS) is 19.7. The lowest BCUT2D eigenvalue weighted by Crippen LogP contribution is -2.39. The fourth-order valence-electron chi connectivity index (χ4n) is 2.46. The number of ether oxygens (including phenoxy) is 1. The number of fused-ring (bicyclic) bond motifs is 1. The molecule has 1 N–H and O–H groups in total. The highest BCUT2D eigenvalue weighted by atomic mass is 32.1. The number of thiophene rings is 1. The van der Waals surface area contributed by atoms with Crippen molar-refractivity contribution in [2.75, 3.05) is 26.8 Å². The van der Waals surface area contributed by atoms with Crippen LogP contribution in [0.1, 0.15) is 29.3 Å². The predicted octanol–water partition coefficient (Wildman–Crippen LogP) is 2.16. The first-order valence-corrected chi connectivity index (χ1v) is 7.14. The average molecular weight is 269 g/mol. The first kappa shape index (κ1) is 13.5. The molecule has 0 saturated heterocycles. The van der Waals surface area contributed by atoms with Gasteiger partial charge in [-0.15, -0.1) is 11.3 Å². The van der Waals surface area contributed by atoms with Crippen LogP contribution in [-0.2, 0) is 16.0 Å². The van der Waals surface area contributed by atoms with Gasteiger partial charge in [-0.05, 0) is 42.8 Å². The maximum absolute atomic E-state index is 11.5. The van der Waals surface area contributed by atoms with E-state index in [0.717, 1.165) is 44.5 Å². The van der Waals surface area contributed by atoms with Crippen LogP contribution in [-0.4, -0.2) is 42.8 Å². The molecular formula is C13H19NO3S. The van der Waals surface area contributed by atoms with Gasteiger partial charge in [-0.2, -0.15) is 0 Å². The summed E-state index contributed by atoms with van der Waals surface area (Å²) >= 11 is 1.67. The number of unbranched alkanes of at least 4 members (excludes halogenated alkanes) is 1. The fraction of sp³-hybridized carbons (Fsp3) is 0.615. The molecule has 1 unspecified atom stereocenters. The molecular weight excluding hydrogens is 250 g/mol. The van der Waals surface area contributed by atoms with Gasteiger partial charge in [-0.3, -0.25) is 9.69 Å². The molecule has 0 aromatic carbocycles. The van der Waals surface area contributed by atoms with Gasteiger partial charge in [-0.25, -0.2) is 0 Å². The van der Waals surface area contributed by atoms with E-state index in [2.05, 4.69) is 4.90 Å². The Bertz CT molecular complexity index is 405. The quantitative estimate of drug-likeness (QED) is 0.804. The van der Waals surface area contributed by atoms with Gasteiger partial charge in [0.15, 0.2) is 0 Å². The predicted molar refractivity (Wildman–Crippen MR) is 71.1 cm³/mol. The number of methoxy groups -OCH3 is 1. The zero-order valence-electron chi connectivity index (χ0n) is 10.6. The number of carboxylic acids is 1. The van der Waals surface area contributed by atoms with Crippen LogP contribution in [0.2, 0.25) is 0 Å². The van der Waals surface area contributed by atoms with Crippen LogP contribution in [0.25, 0.3) is 0 Å². The number of hydrogen-bond donors (Lipinski definition) is 1. The Kier molecular flexibility index (Phi) is 4.74. The van der Waals surface area contributed by atoms with Gasteiger partial charge < -0.3 is 9.84 Å². The van der Waals surface area contributed by atoms with Gasteiger partial charge >= 0.3 is 5.97 Å². The molecule has 5 heteroatoms. The molecule has 1 aromatic heterocycles. The first-order chi connectivity index (χ1) is 8.74. The maximum Gasteiger partial charge on any atom is 0.325 e. The smallest absolute Gasteiger partial charge is 0.325 e. The van der Waals surface area contributed by atoms with Crippen molar-refractivity contribution in [2.45, 2.75) is 25.3 Å². The first-order valence-electron chi connectivity index (χ1n) is 6.26. The minimum absolute atomic E-state index is 0.456. The van der Waals surface area contributed by atoms with Crippen LogP contribution < -0.4 is 0 Å². The van der Waals surface area contributed by atoms with Crippen molar-refractivity contribution < 1.29 is 14.6 Å². The molecule has 0 fully saturated rings. The number of carbonyl (C=O) groups is 1. The summed E-state index contributed by atoms with van der Waals surface area (Å²) in [6.07, 6.45) is 2.94. The van der Waals surface area contributed by atoms with Gasteiger partial charge in [0.05, 0.1) is 0 Å². The second-order valence-corrected chi connectivity index (χ2v) is 5.53. The molecule has 1 aromatic rings. The van der Waals surface area contributed by atoms with Gasteiger partial charge in [-0.1, -0.05) is 0 Å². The molecule has 0 spiro atoms. The van der Waals surface area contributed by atoms with E-state index in [1.54, 1.807) is 18.4 Å². The lowest BCUT2D eigenvalue weighted by atomic mass is 10.00. The zero-order valence-corrected chi connectivity index (χ0v) is 11.4. The molecule has 100 valence electrons. The average Bonchev–Trinajstić information content (AvgIpc) is 2.81. The molecule has 1 aliphatic heterocycles. The Morgan fingerprint density at radius 2 is 2.44 bits per heavy atom. The summed E-state index contributed by atoms with van der Waals surface area (Å²) in [6.45, 7) is 2.42. The highest BCUT2D eigenvalue weighted by molar-refractivity contribution is 7.10. The molecule has 1 aliphatic rings. The van der Waals surface area contributed by atoms with Gasteiger partial charge in [0.2, 0.25) is 0 Å². The second-order valence-electron chi connectivity index (χ2n) is 4.53. The van der Waals surface area contributed by atoms with Crippen molar-refractivity contribution in [1.29, 1.82) is 0 Å². The Hall–Kier alpha value is -0.910. The minimum Gasteiger partial charge on any atom is -0.480 e. The number of hydrogen-bond acceptors (Lipinski definition) is 4. The van der Waals surface area contributed by atoms with Crippen LogP contribution >= 0.6 is 11.3 Å². The Labute approximate surface area is 111 Å². The van der Waals surface area contributed by atoms with E-state index >= 15 is 0 Å². The van der Waals surface area contributed by atoms with Crippen LogP contribution in [0.4, 0.5) is 0 Å². The Morgan fingerprint density at radius 1 is 1.61 bits per heavy atom. The number of rotatable bonds is 6. The lowest BCUT2D eigenvalue weighted by Gasteiger charge is -2.33. The van der Waals surface area contributed by atoms with E-state index in [1.807, 2.05) is 11.4 Å². The third kappa shape index (κ3) is 2.91. The van der Waals surface area contributed by atoms with Gasteiger partial charge in [0.25, 0.3) is 0 Å². The zero-order chi connectivity index (χ0) is 13.0. The highest BCUT2D eigenvalue weighted by Gasteiger charge is 2.33. The lowest BCUT2D eigenvalue weighted by molar-refractivity contribution is -0.144. The van der Waals surface area contributed by atoms with Crippen molar-refractivity contribution in [3.8, 4) is 0 Å². The maximum atomic E-state index is 11.5. The summed E-state index contributed by atoms with van der Waals surface area (Å²) in [7, 11) is 1.69. The van der Waals surface area contributed by atoms with Gasteiger partial charge in [0, 0.05) is 25.1 Å². The summed E-state index contributed by atoms with van der Waals surface area (Å²) in [5.41, 5.74) is 0.991. The van der Waals surface area contributed by atoms with E-state index in [9.17, 15) is 9.90 Å². The van der Waals surface area contributed by atoms with Crippen molar-refractivity contribution in [2.24, 2.45) is 0 Å². The van der Waals surface area contributed by atoms with E-state index in [-0.39, 0.29) is 0 Å².